The van der Waals surface area contributed by atoms with E-state index in [1.54, 1.807) is 49.8 Å². The molecular weight excluding hydrogens is 310 g/mol. The van der Waals surface area contributed by atoms with Gasteiger partial charge in [0, 0.05) is 11.8 Å². The molecule has 0 atom stereocenters. The Hall–Kier alpha value is -2.01. The van der Waals surface area contributed by atoms with Gasteiger partial charge in [-0.15, -0.1) is 0 Å². The van der Waals surface area contributed by atoms with Gasteiger partial charge < -0.3 is 14.5 Å². The van der Waals surface area contributed by atoms with Gasteiger partial charge in [0.05, 0.1) is 17.8 Å². The number of rotatable bonds is 4. The van der Waals surface area contributed by atoms with Crippen LogP contribution in [0.2, 0.25) is 0 Å². The third kappa shape index (κ3) is 3.72. The Balaban J connectivity index is 2.01. The molecule has 0 saturated heterocycles. The molecule has 0 radical (unpaired) electrons. The summed E-state index contributed by atoms with van der Waals surface area (Å²) in [7, 11) is 1.59. The van der Waals surface area contributed by atoms with Gasteiger partial charge >= 0.3 is 0 Å². The molecule has 1 heterocycles. The molecule has 0 aliphatic heterocycles. The van der Waals surface area contributed by atoms with E-state index in [0.717, 1.165) is 4.47 Å². The first-order valence-corrected chi connectivity index (χ1v) is 6.34. The zero-order valence-corrected chi connectivity index (χ0v) is 11.8. The molecule has 0 saturated carbocycles. The van der Waals surface area contributed by atoms with Crippen molar-refractivity contribution in [2.24, 2.45) is 0 Å². The van der Waals surface area contributed by atoms with E-state index in [1.165, 1.54) is 6.08 Å². The molecule has 1 N–H and O–H groups in total. The molecule has 0 fully saturated rings. The van der Waals surface area contributed by atoms with Crippen LogP contribution in [0.15, 0.2) is 51.6 Å². The lowest BCUT2D eigenvalue weighted by molar-refractivity contribution is -0.111. The Bertz CT molecular complexity index is 591. The molecular formula is C14H12BrNO3. The minimum Gasteiger partial charge on any atom is -0.496 e. The molecule has 1 aromatic carbocycles. The van der Waals surface area contributed by atoms with Crippen LogP contribution in [-0.2, 0) is 4.79 Å². The second-order valence-corrected chi connectivity index (χ2v) is 4.54. The van der Waals surface area contributed by atoms with Crippen LogP contribution >= 0.6 is 15.9 Å². The summed E-state index contributed by atoms with van der Waals surface area (Å²) in [6.45, 7) is 0. The van der Waals surface area contributed by atoms with Crippen molar-refractivity contribution in [3.8, 4) is 5.75 Å². The van der Waals surface area contributed by atoms with Crippen molar-refractivity contribution in [2.75, 3.05) is 12.4 Å². The molecule has 2 aromatic rings. The molecule has 0 aliphatic rings. The summed E-state index contributed by atoms with van der Waals surface area (Å²) in [4.78, 5) is 11.7. The molecule has 0 unspecified atom stereocenters. The van der Waals surface area contributed by atoms with E-state index < -0.39 is 0 Å². The van der Waals surface area contributed by atoms with E-state index in [1.807, 2.05) is 0 Å². The maximum Gasteiger partial charge on any atom is 0.248 e. The number of hydrogen-bond acceptors (Lipinski definition) is 3. The van der Waals surface area contributed by atoms with E-state index in [-0.39, 0.29) is 5.91 Å². The van der Waals surface area contributed by atoms with Crippen LogP contribution in [-0.4, -0.2) is 13.0 Å². The fourth-order valence-corrected chi connectivity index (χ4v) is 2.01. The Morgan fingerprint density at radius 3 is 2.89 bits per heavy atom. The number of anilines is 1. The predicted octanol–water partition coefficient (Wildman–Crippen LogP) is 3.70. The molecule has 1 amide bonds. The highest BCUT2D eigenvalue weighted by molar-refractivity contribution is 9.10. The van der Waals surface area contributed by atoms with E-state index in [0.29, 0.717) is 17.2 Å². The minimum atomic E-state index is -0.228. The lowest BCUT2D eigenvalue weighted by Gasteiger charge is -2.06. The number of hydrogen-bond donors (Lipinski definition) is 1. The highest BCUT2D eigenvalue weighted by Gasteiger charge is 2.03. The van der Waals surface area contributed by atoms with Crippen molar-refractivity contribution in [1.82, 2.24) is 0 Å². The van der Waals surface area contributed by atoms with Crippen LogP contribution in [0.25, 0.3) is 6.08 Å². The lowest BCUT2D eigenvalue weighted by Crippen LogP contribution is -2.07. The van der Waals surface area contributed by atoms with Crippen LogP contribution in [0, 0.1) is 0 Å². The van der Waals surface area contributed by atoms with Gasteiger partial charge in [0.2, 0.25) is 5.91 Å². The Labute approximate surface area is 119 Å². The summed E-state index contributed by atoms with van der Waals surface area (Å²) in [6.07, 6.45) is 4.57. The van der Waals surface area contributed by atoms with Gasteiger partial charge in [-0.1, -0.05) is 0 Å². The van der Waals surface area contributed by atoms with Crippen molar-refractivity contribution in [3.05, 3.63) is 52.9 Å². The number of ether oxygens (including phenoxy) is 1. The van der Waals surface area contributed by atoms with Crippen molar-refractivity contribution >= 4 is 33.6 Å². The predicted molar refractivity (Wildman–Crippen MR) is 77.1 cm³/mol. The summed E-state index contributed by atoms with van der Waals surface area (Å²) in [6, 6.07) is 8.85. The van der Waals surface area contributed by atoms with Crippen molar-refractivity contribution in [3.63, 3.8) is 0 Å². The molecule has 98 valence electrons. The summed E-state index contributed by atoms with van der Waals surface area (Å²) in [5.41, 5.74) is 0.682. The van der Waals surface area contributed by atoms with Gasteiger partial charge in [-0.3, -0.25) is 4.79 Å². The lowest BCUT2D eigenvalue weighted by atomic mass is 10.3. The number of furan rings is 1. The summed E-state index contributed by atoms with van der Waals surface area (Å²) < 4.78 is 11.0. The quantitative estimate of drug-likeness (QED) is 0.873. The Morgan fingerprint density at radius 2 is 2.26 bits per heavy atom. The van der Waals surface area contributed by atoms with E-state index in [2.05, 4.69) is 21.2 Å². The summed E-state index contributed by atoms with van der Waals surface area (Å²) >= 11 is 3.36. The number of halogens is 1. The Morgan fingerprint density at radius 1 is 1.42 bits per heavy atom. The van der Waals surface area contributed by atoms with Crippen molar-refractivity contribution in [1.29, 1.82) is 0 Å². The first kappa shape index (κ1) is 13.4. The monoisotopic (exact) mass is 321 g/mol. The molecule has 19 heavy (non-hydrogen) atoms. The van der Waals surface area contributed by atoms with E-state index in [9.17, 15) is 4.79 Å². The number of methoxy groups -OCH3 is 1. The van der Waals surface area contributed by atoms with E-state index >= 15 is 0 Å². The average Bonchev–Trinajstić information content (AvgIpc) is 2.90. The van der Waals surface area contributed by atoms with Crippen LogP contribution in [0.3, 0.4) is 0 Å². The average molecular weight is 322 g/mol. The third-order valence-electron chi connectivity index (χ3n) is 2.36. The topological polar surface area (TPSA) is 51.5 Å². The molecule has 1 aromatic heterocycles. The van der Waals surface area contributed by atoms with Crippen molar-refractivity contribution < 1.29 is 13.9 Å². The Kier molecular flexibility index (Phi) is 4.41. The number of amides is 1. The largest absolute Gasteiger partial charge is 0.496 e. The van der Waals surface area contributed by atoms with Crippen LogP contribution < -0.4 is 10.1 Å². The second kappa shape index (κ2) is 6.24. The molecule has 5 heteroatoms. The van der Waals surface area contributed by atoms with Crippen LogP contribution in [0.4, 0.5) is 5.69 Å². The van der Waals surface area contributed by atoms with Gasteiger partial charge in [0.1, 0.15) is 11.5 Å². The first-order chi connectivity index (χ1) is 9.19. The second-order valence-electron chi connectivity index (χ2n) is 3.69. The van der Waals surface area contributed by atoms with Crippen molar-refractivity contribution in [2.45, 2.75) is 0 Å². The number of benzene rings is 1. The van der Waals surface area contributed by atoms with Crippen LogP contribution in [0.1, 0.15) is 5.76 Å². The maximum absolute atomic E-state index is 11.7. The van der Waals surface area contributed by atoms with Gasteiger partial charge in [-0.2, -0.15) is 0 Å². The van der Waals surface area contributed by atoms with Gasteiger partial charge in [-0.05, 0) is 52.3 Å². The van der Waals surface area contributed by atoms with Crippen LogP contribution in [0.5, 0.6) is 5.75 Å². The summed E-state index contributed by atoms with van der Waals surface area (Å²) in [5.74, 6) is 1.11. The van der Waals surface area contributed by atoms with E-state index in [4.69, 9.17) is 9.15 Å². The zero-order valence-electron chi connectivity index (χ0n) is 10.2. The molecule has 2 rings (SSSR count). The smallest absolute Gasteiger partial charge is 0.248 e. The van der Waals surface area contributed by atoms with Gasteiger partial charge in [0.25, 0.3) is 0 Å². The normalized spacial score (nSPS) is 10.6. The fraction of sp³-hybridized carbons (Fsp3) is 0.0714. The molecule has 0 bridgehead atoms. The standard InChI is InChI=1S/C14H12BrNO3/c1-18-13-6-4-10(9-12(13)15)16-14(17)7-5-11-3-2-8-19-11/h2-9H,1H3,(H,16,17)/b7-5+. The fourth-order valence-electron chi connectivity index (χ4n) is 1.47. The molecule has 0 aliphatic carbocycles. The molecule has 0 spiro atoms. The highest BCUT2D eigenvalue weighted by atomic mass is 79.9. The SMILES string of the molecule is COc1ccc(NC(=O)/C=C/c2ccco2)cc1Br. The number of nitrogens with one attached hydrogen (secondary N) is 1. The van der Waals surface area contributed by atoms with Gasteiger partial charge in [-0.25, -0.2) is 0 Å². The number of carbonyl (C=O) groups excluding carboxylic acids is 1. The molecule has 4 nitrogen and oxygen atoms in total. The first-order valence-electron chi connectivity index (χ1n) is 5.55. The summed E-state index contributed by atoms with van der Waals surface area (Å²) in [5, 5.41) is 2.74. The highest BCUT2D eigenvalue weighted by Crippen LogP contribution is 2.27. The van der Waals surface area contributed by atoms with Gasteiger partial charge in [0.15, 0.2) is 0 Å². The third-order valence-corrected chi connectivity index (χ3v) is 2.98. The zero-order chi connectivity index (χ0) is 13.7. The maximum atomic E-state index is 11.7. The number of carbonyl (C=O) groups is 1. The minimum absolute atomic E-state index is 0.228.